The molecule has 1 saturated heterocycles. The second kappa shape index (κ2) is 9.65. The lowest BCUT2D eigenvalue weighted by molar-refractivity contribution is -0.121. The Hall–Kier alpha value is -1.43. The minimum Gasteiger partial charge on any atom is -0.382 e. The van der Waals surface area contributed by atoms with Gasteiger partial charge in [0.1, 0.15) is 6.61 Å². The van der Waals surface area contributed by atoms with Crippen molar-refractivity contribution < 1.29 is 14.3 Å². The van der Waals surface area contributed by atoms with Crippen LogP contribution in [0.2, 0.25) is 0 Å². The molecule has 1 aromatic rings. The summed E-state index contributed by atoms with van der Waals surface area (Å²) in [5, 5.41) is 2.84. The van der Waals surface area contributed by atoms with E-state index in [2.05, 4.69) is 29.3 Å². The predicted molar refractivity (Wildman–Crippen MR) is 91.4 cm³/mol. The third-order valence-electron chi connectivity index (χ3n) is 4.19. The summed E-state index contributed by atoms with van der Waals surface area (Å²) < 4.78 is 10.1. The number of nitrogens with one attached hydrogen (secondary N) is 1. The Morgan fingerprint density at radius 2 is 1.91 bits per heavy atom. The lowest BCUT2D eigenvalue weighted by Gasteiger charge is -2.30. The van der Waals surface area contributed by atoms with Crippen molar-refractivity contribution in [1.82, 2.24) is 4.90 Å². The van der Waals surface area contributed by atoms with Crippen molar-refractivity contribution in [3.8, 4) is 0 Å². The fraction of sp³-hybridized carbons (Fsp3) is 0.611. The zero-order valence-electron chi connectivity index (χ0n) is 14.2. The SMILES string of the molecule is COCCOCC(=O)Nc1ccc(CN2CCC(C)CC2)cc1. The van der Waals surface area contributed by atoms with Crippen molar-refractivity contribution >= 4 is 11.6 Å². The summed E-state index contributed by atoms with van der Waals surface area (Å²) in [6.07, 6.45) is 2.58. The van der Waals surface area contributed by atoms with Gasteiger partial charge >= 0.3 is 0 Å². The Morgan fingerprint density at radius 1 is 1.22 bits per heavy atom. The van der Waals surface area contributed by atoms with E-state index in [9.17, 15) is 4.79 Å². The summed E-state index contributed by atoms with van der Waals surface area (Å²) >= 11 is 0. The van der Waals surface area contributed by atoms with Crippen LogP contribution in [0.25, 0.3) is 0 Å². The highest BCUT2D eigenvalue weighted by Crippen LogP contribution is 2.19. The zero-order valence-corrected chi connectivity index (χ0v) is 14.2. The molecule has 2 rings (SSSR count). The van der Waals surface area contributed by atoms with E-state index in [0.717, 1.165) is 18.2 Å². The molecule has 1 N–H and O–H groups in total. The minimum absolute atomic E-state index is 0.0527. The van der Waals surface area contributed by atoms with Crippen LogP contribution in [-0.2, 0) is 20.8 Å². The van der Waals surface area contributed by atoms with E-state index in [1.165, 1.54) is 31.5 Å². The highest BCUT2D eigenvalue weighted by Gasteiger charge is 2.15. The average molecular weight is 320 g/mol. The molecular weight excluding hydrogens is 292 g/mol. The quantitative estimate of drug-likeness (QED) is 0.748. The van der Waals surface area contributed by atoms with Crippen LogP contribution in [0.1, 0.15) is 25.3 Å². The summed E-state index contributed by atoms with van der Waals surface area (Å²) in [6.45, 7) is 6.65. The van der Waals surface area contributed by atoms with Crippen LogP contribution in [-0.4, -0.2) is 50.8 Å². The van der Waals surface area contributed by atoms with E-state index in [1.54, 1.807) is 7.11 Å². The van der Waals surface area contributed by atoms with E-state index in [4.69, 9.17) is 9.47 Å². The van der Waals surface area contributed by atoms with Crippen molar-refractivity contribution in [2.24, 2.45) is 5.92 Å². The third-order valence-corrected chi connectivity index (χ3v) is 4.19. The number of nitrogens with zero attached hydrogens (tertiary/aromatic N) is 1. The second-order valence-corrected chi connectivity index (χ2v) is 6.25. The first-order valence-electron chi connectivity index (χ1n) is 8.35. The van der Waals surface area contributed by atoms with E-state index in [0.29, 0.717) is 13.2 Å². The van der Waals surface area contributed by atoms with Gasteiger partial charge in [-0.3, -0.25) is 9.69 Å². The molecule has 1 heterocycles. The number of hydrogen-bond donors (Lipinski definition) is 1. The molecule has 128 valence electrons. The number of anilines is 1. The number of hydrogen-bond acceptors (Lipinski definition) is 4. The first-order chi connectivity index (χ1) is 11.2. The van der Waals surface area contributed by atoms with Gasteiger partial charge in [-0.2, -0.15) is 0 Å². The van der Waals surface area contributed by atoms with E-state index in [-0.39, 0.29) is 12.5 Å². The zero-order chi connectivity index (χ0) is 16.5. The van der Waals surface area contributed by atoms with Crippen LogP contribution in [0.3, 0.4) is 0 Å². The van der Waals surface area contributed by atoms with Crippen LogP contribution in [0.15, 0.2) is 24.3 Å². The van der Waals surface area contributed by atoms with Crippen LogP contribution in [0, 0.1) is 5.92 Å². The fourth-order valence-corrected chi connectivity index (χ4v) is 2.68. The first-order valence-corrected chi connectivity index (χ1v) is 8.35. The molecule has 0 radical (unpaired) electrons. The van der Waals surface area contributed by atoms with Gasteiger partial charge in [0, 0.05) is 19.3 Å². The van der Waals surface area contributed by atoms with E-state index in [1.807, 2.05) is 12.1 Å². The Labute approximate surface area is 139 Å². The molecule has 1 aromatic carbocycles. The number of likely N-dealkylation sites (tertiary alicyclic amines) is 1. The molecule has 0 aliphatic carbocycles. The number of carbonyl (C=O) groups excluding carboxylic acids is 1. The molecule has 0 spiro atoms. The summed E-state index contributed by atoms with van der Waals surface area (Å²) in [6, 6.07) is 8.07. The maximum atomic E-state index is 11.7. The van der Waals surface area contributed by atoms with Gasteiger partial charge in [-0.25, -0.2) is 0 Å². The second-order valence-electron chi connectivity index (χ2n) is 6.25. The van der Waals surface area contributed by atoms with Gasteiger partial charge in [-0.1, -0.05) is 19.1 Å². The van der Waals surface area contributed by atoms with Crippen molar-refractivity contribution in [3.05, 3.63) is 29.8 Å². The van der Waals surface area contributed by atoms with Crippen LogP contribution in [0.4, 0.5) is 5.69 Å². The van der Waals surface area contributed by atoms with Gasteiger partial charge in [0.05, 0.1) is 13.2 Å². The molecule has 1 aliphatic heterocycles. The number of methoxy groups -OCH3 is 1. The van der Waals surface area contributed by atoms with E-state index < -0.39 is 0 Å². The minimum atomic E-state index is -0.140. The van der Waals surface area contributed by atoms with Crippen LogP contribution >= 0.6 is 0 Å². The monoisotopic (exact) mass is 320 g/mol. The number of benzene rings is 1. The first kappa shape index (κ1) is 17.9. The van der Waals surface area contributed by atoms with Crippen LogP contribution in [0.5, 0.6) is 0 Å². The summed E-state index contributed by atoms with van der Waals surface area (Å²) in [5.74, 6) is 0.716. The molecule has 0 bridgehead atoms. The Balaban J connectivity index is 1.72. The number of ether oxygens (including phenoxy) is 2. The Morgan fingerprint density at radius 3 is 2.57 bits per heavy atom. The fourth-order valence-electron chi connectivity index (χ4n) is 2.68. The molecule has 23 heavy (non-hydrogen) atoms. The molecule has 5 heteroatoms. The molecule has 0 saturated carbocycles. The molecule has 1 aliphatic rings. The number of piperidine rings is 1. The lowest BCUT2D eigenvalue weighted by Crippen LogP contribution is -2.32. The van der Waals surface area contributed by atoms with Crippen molar-refractivity contribution in [3.63, 3.8) is 0 Å². The van der Waals surface area contributed by atoms with Crippen molar-refractivity contribution in [1.29, 1.82) is 0 Å². The Kier molecular flexibility index (Phi) is 7.52. The average Bonchev–Trinajstić information content (AvgIpc) is 2.56. The maximum Gasteiger partial charge on any atom is 0.250 e. The topological polar surface area (TPSA) is 50.8 Å². The largest absolute Gasteiger partial charge is 0.382 e. The molecule has 1 fully saturated rings. The molecular formula is C18H28N2O3. The van der Waals surface area contributed by atoms with E-state index >= 15 is 0 Å². The smallest absolute Gasteiger partial charge is 0.250 e. The molecule has 0 aromatic heterocycles. The lowest BCUT2D eigenvalue weighted by atomic mass is 9.99. The number of carbonyl (C=O) groups is 1. The third kappa shape index (κ3) is 6.69. The van der Waals surface area contributed by atoms with Gasteiger partial charge in [0.2, 0.25) is 5.91 Å². The summed E-state index contributed by atoms with van der Waals surface area (Å²) in [5.41, 5.74) is 2.09. The summed E-state index contributed by atoms with van der Waals surface area (Å²) in [7, 11) is 1.61. The van der Waals surface area contributed by atoms with Gasteiger partial charge in [0.25, 0.3) is 0 Å². The van der Waals surface area contributed by atoms with Gasteiger partial charge in [-0.05, 0) is 49.5 Å². The number of rotatable bonds is 8. The van der Waals surface area contributed by atoms with Gasteiger partial charge in [-0.15, -0.1) is 0 Å². The molecule has 0 atom stereocenters. The van der Waals surface area contributed by atoms with Gasteiger partial charge < -0.3 is 14.8 Å². The molecule has 5 nitrogen and oxygen atoms in total. The standard InChI is InChI=1S/C18H28N2O3/c1-15-7-9-20(10-8-15)13-16-3-5-17(6-4-16)19-18(21)14-23-12-11-22-2/h3-6,15H,7-14H2,1-2H3,(H,19,21). The van der Waals surface area contributed by atoms with Crippen LogP contribution < -0.4 is 5.32 Å². The molecule has 1 amide bonds. The van der Waals surface area contributed by atoms with Gasteiger partial charge in [0.15, 0.2) is 0 Å². The normalized spacial score (nSPS) is 16.4. The highest BCUT2D eigenvalue weighted by atomic mass is 16.5. The predicted octanol–water partition coefficient (Wildman–Crippen LogP) is 2.52. The molecule has 0 unspecified atom stereocenters. The highest BCUT2D eigenvalue weighted by molar-refractivity contribution is 5.91. The van der Waals surface area contributed by atoms with Crippen molar-refractivity contribution in [2.45, 2.75) is 26.3 Å². The van der Waals surface area contributed by atoms with Crippen molar-refractivity contribution in [2.75, 3.05) is 45.3 Å². The summed E-state index contributed by atoms with van der Waals surface area (Å²) in [4.78, 5) is 14.2. The Bertz CT molecular complexity index is 468. The number of amides is 1. The maximum absolute atomic E-state index is 11.7.